The van der Waals surface area contributed by atoms with Gasteiger partial charge >= 0.3 is 0 Å². The first-order valence-electron chi connectivity index (χ1n) is 9.05. The van der Waals surface area contributed by atoms with E-state index in [2.05, 4.69) is 10.0 Å². The second kappa shape index (κ2) is 8.50. The molecule has 0 aliphatic heterocycles. The maximum Gasteiger partial charge on any atom is 0.296 e. The number of hydrogen-bond acceptors (Lipinski definition) is 5. The van der Waals surface area contributed by atoms with E-state index >= 15 is 0 Å². The minimum Gasteiger partial charge on any atom is -0.326 e. The molecule has 0 atom stereocenters. The molecule has 0 bridgehead atoms. The number of aryl methyl sites for hydroxylation is 1. The standard InChI is InChI=1S/C21H20N2O6S2/c1-14-3-10-19(11-4-14)30(25,26)23-20-12-7-17(13-21(20)31(27,28)29)16-5-8-18(9-6-16)22-15(2)24/h3-13,23H,1-2H3,(H,22,24)(H,27,28,29). The Kier molecular flexibility index (Phi) is 6.16. The van der Waals surface area contributed by atoms with E-state index in [0.29, 0.717) is 16.8 Å². The molecule has 3 N–H and O–H groups in total. The molecule has 162 valence electrons. The fraction of sp³-hybridized carbons (Fsp3) is 0.0952. The molecule has 31 heavy (non-hydrogen) atoms. The first-order chi connectivity index (χ1) is 14.5. The molecule has 8 nitrogen and oxygen atoms in total. The Bertz CT molecular complexity index is 1330. The van der Waals surface area contributed by atoms with Gasteiger partial charge in [0.1, 0.15) is 4.90 Å². The van der Waals surface area contributed by atoms with Crippen molar-refractivity contribution in [2.75, 3.05) is 10.0 Å². The average molecular weight is 461 g/mol. The molecule has 10 heteroatoms. The summed E-state index contributed by atoms with van der Waals surface area (Å²) in [5, 5.41) is 2.62. The van der Waals surface area contributed by atoms with Gasteiger partial charge in [-0.15, -0.1) is 0 Å². The van der Waals surface area contributed by atoms with E-state index in [0.717, 1.165) is 5.56 Å². The fourth-order valence-electron chi connectivity index (χ4n) is 2.87. The minimum absolute atomic E-state index is 0.0444. The highest BCUT2D eigenvalue weighted by Crippen LogP contribution is 2.30. The number of carbonyl (C=O) groups excluding carboxylic acids is 1. The van der Waals surface area contributed by atoms with E-state index in [1.807, 2.05) is 6.92 Å². The number of rotatable bonds is 6. The van der Waals surface area contributed by atoms with Crippen molar-refractivity contribution in [3.8, 4) is 11.1 Å². The molecule has 1 amide bonds. The SMILES string of the molecule is CC(=O)Nc1ccc(-c2ccc(NS(=O)(=O)c3ccc(C)cc3)c(S(=O)(=O)O)c2)cc1. The van der Waals surface area contributed by atoms with E-state index in [4.69, 9.17) is 0 Å². The molecule has 3 aromatic rings. The molecule has 0 aliphatic carbocycles. The van der Waals surface area contributed by atoms with Gasteiger partial charge in [-0.05, 0) is 54.4 Å². The predicted molar refractivity (Wildman–Crippen MR) is 118 cm³/mol. The van der Waals surface area contributed by atoms with Crippen LogP contribution in [0.25, 0.3) is 11.1 Å². The van der Waals surface area contributed by atoms with Gasteiger partial charge in [-0.25, -0.2) is 8.42 Å². The molecule has 0 radical (unpaired) electrons. The zero-order chi connectivity index (χ0) is 22.8. The van der Waals surface area contributed by atoms with Gasteiger partial charge in [0, 0.05) is 12.6 Å². The summed E-state index contributed by atoms with van der Waals surface area (Å²) in [4.78, 5) is 10.5. The number of benzene rings is 3. The summed E-state index contributed by atoms with van der Waals surface area (Å²) in [6.45, 7) is 3.18. The van der Waals surface area contributed by atoms with Crippen LogP contribution in [0.3, 0.4) is 0 Å². The van der Waals surface area contributed by atoms with Crippen LogP contribution in [0.2, 0.25) is 0 Å². The zero-order valence-corrected chi connectivity index (χ0v) is 18.3. The molecule has 0 unspecified atom stereocenters. The van der Waals surface area contributed by atoms with Crippen LogP contribution in [0, 0.1) is 6.92 Å². The molecule has 3 aromatic carbocycles. The average Bonchev–Trinajstić information content (AvgIpc) is 2.68. The van der Waals surface area contributed by atoms with Crippen molar-refractivity contribution in [3.63, 3.8) is 0 Å². The van der Waals surface area contributed by atoms with Crippen LogP contribution in [0.1, 0.15) is 12.5 Å². The van der Waals surface area contributed by atoms with Gasteiger partial charge in [0.15, 0.2) is 0 Å². The highest BCUT2D eigenvalue weighted by atomic mass is 32.2. The number of sulfonamides is 1. The molecule has 0 aromatic heterocycles. The van der Waals surface area contributed by atoms with E-state index in [9.17, 15) is 26.2 Å². The van der Waals surface area contributed by atoms with E-state index in [1.165, 1.54) is 37.3 Å². The maximum absolute atomic E-state index is 12.7. The maximum atomic E-state index is 12.7. The van der Waals surface area contributed by atoms with Crippen molar-refractivity contribution in [2.45, 2.75) is 23.6 Å². The monoisotopic (exact) mass is 460 g/mol. The Morgan fingerprint density at radius 1 is 0.839 bits per heavy atom. The van der Waals surface area contributed by atoms with Crippen molar-refractivity contribution in [3.05, 3.63) is 72.3 Å². The number of carbonyl (C=O) groups is 1. The lowest BCUT2D eigenvalue weighted by molar-refractivity contribution is -0.114. The second-order valence-corrected chi connectivity index (χ2v) is 9.94. The van der Waals surface area contributed by atoms with Crippen LogP contribution >= 0.6 is 0 Å². The van der Waals surface area contributed by atoms with Crippen LogP contribution in [0.15, 0.2) is 76.5 Å². The Labute approximate surface area is 180 Å². The summed E-state index contributed by atoms with van der Waals surface area (Å²) in [6.07, 6.45) is 0. The van der Waals surface area contributed by atoms with Crippen LogP contribution in [-0.4, -0.2) is 27.3 Å². The van der Waals surface area contributed by atoms with Crippen molar-refractivity contribution in [2.24, 2.45) is 0 Å². The summed E-state index contributed by atoms with van der Waals surface area (Å²) in [5.41, 5.74) is 2.19. The summed E-state index contributed by atoms with van der Waals surface area (Å²) in [7, 11) is -8.81. The predicted octanol–water partition coefficient (Wildman–Crippen LogP) is 3.67. The molecular weight excluding hydrogens is 440 g/mol. The molecule has 0 spiro atoms. The molecule has 0 saturated heterocycles. The van der Waals surface area contributed by atoms with Crippen LogP contribution in [-0.2, 0) is 24.9 Å². The molecule has 0 aliphatic rings. The molecule has 3 rings (SSSR count). The van der Waals surface area contributed by atoms with Crippen molar-refractivity contribution in [1.29, 1.82) is 0 Å². The van der Waals surface area contributed by atoms with Gasteiger partial charge < -0.3 is 5.32 Å². The van der Waals surface area contributed by atoms with Crippen molar-refractivity contribution < 1.29 is 26.2 Å². The lowest BCUT2D eigenvalue weighted by Crippen LogP contribution is -2.15. The number of hydrogen-bond donors (Lipinski definition) is 3. The van der Waals surface area contributed by atoms with Crippen molar-refractivity contribution in [1.82, 2.24) is 0 Å². The second-order valence-electron chi connectivity index (χ2n) is 6.86. The van der Waals surface area contributed by atoms with Crippen molar-refractivity contribution >= 4 is 37.4 Å². The number of amides is 1. The molecule has 0 fully saturated rings. The van der Waals surface area contributed by atoms with Crippen LogP contribution in [0.5, 0.6) is 0 Å². The fourth-order valence-corrected chi connectivity index (χ4v) is 4.69. The van der Waals surface area contributed by atoms with Crippen LogP contribution in [0.4, 0.5) is 11.4 Å². The third kappa shape index (κ3) is 5.48. The third-order valence-electron chi connectivity index (χ3n) is 4.37. The van der Waals surface area contributed by atoms with Gasteiger partial charge in [0.2, 0.25) is 5.91 Å². The Balaban J connectivity index is 1.99. The van der Waals surface area contributed by atoms with Gasteiger partial charge in [-0.2, -0.15) is 8.42 Å². The lowest BCUT2D eigenvalue weighted by atomic mass is 10.1. The summed E-state index contributed by atoms with van der Waals surface area (Å²) < 4.78 is 61.1. The smallest absolute Gasteiger partial charge is 0.296 e. The molecule has 0 saturated carbocycles. The van der Waals surface area contributed by atoms with Gasteiger partial charge in [0.05, 0.1) is 10.6 Å². The lowest BCUT2D eigenvalue weighted by Gasteiger charge is -2.13. The number of nitrogens with one attached hydrogen (secondary N) is 2. The molecular formula is C21H20N2O6S2. The highest BCUT2D eigenvalue weighted by Gasteiger charge is 2.22. The van der Waals surface area contributed by atoms with E-state index < -0.39 is 25.0 Å². The topological polar surface area (TPSA) is 130 Å². The minimum atomic E-state index is -4.73. The van der Waals surface area contributed by atoms with Crippen LogP contribution < -0.4 is 10.0 Å². The van der Waals surface area contributed by atoms with E-state index in [1.54, 1.807) is 36.4 Å². The Morgan fingerprint density at radius 3 is 1.97 bits per heavy atom. The molecule has 0 heterocycles. The summed E-state index contributed by atoms with van der Waals surface area (Å²) >= 11 is 0. The Hall–Kier alpha value is -3.21. The first-order valence-corrected chi connectivity index (χ1v) is 12.0. The zero-order valence-electron chi connectivity index (χ0n) is 16.7. The van der Waals surface area contributed by atoms with Gasteiger partial charge in [-0.3, -0.25) is 14.1 Å². The quantitative estimate of drug-likeness (QED) is 0.481. The Morgan fingerprint density at radius 2 is 1.42 bits per heavy atom. The first kappa shape index (κ1) is 22.5. The normalized spacial score (nSPS) is 11.7. The summed E-state index contributed by atoms with van der Waals surface area (Å²) in [5.74, 6) is -0.230. The van der Waals surface area contributed by atoms with E-state index in [-0.39, 0.29) is 16.5 Å². The highest BCUT2D eigenvalue weighted by molar-refractivity contribution is 7.93. The number of anilines is 2. The largest absolute Gasteiger partial charge is 0.326 e. The van der Waals surface area contributed by atoms with Gasteiger partial charge in [0.25, 0.3) is 20.1 Å². The van der Waals surface area contributed by atoms with Gasteiger partial charge in [-0.1, -0.05) is 35.9 Å². The third-order valence-corrected chi connectivity index (χ3v) is 6.65. The summed E-state index contributed by atoms with van der Waals surface area (Å²) in [6, 6.07) is 16.6.